The molecule has 0 spiro atoms. The van der Waals surface area contributed by atoms with Gasteiger partial charge in [0.05, 0.1) is 7.11 Å². The number of carbonyl (C=O) groups is 1. The van der Waals surface area contributed by atoms with Crippen LogP contribution in [0.3, 0.4) is 0 Å². The molecule has 5 heteroatoms. The first-order valence-corrected chi connectivity index (χ1v) is 8.60. The molecule has 1 aromatic carbocycles. The van der Waals surface area contributed by atoms with Gasteiger partial charge in [0, 0.05) is 53.6 Å². The first kappa shape index (κ1) is 15.7. The smallest absolute Gasteiger partial charge is 0.254 e. The molecule has 1 fully saturated rings. The second kappa shape index (κ2) is 6.59. The van der Waals surface area contributed by atoms with Gasteiger partial charge in [-0.25, -0.2) is 0 Å². The highest BCUT2D eigenvalue weighted by Gasteiger charge is 2.26. The van der Waals surface area contributed by atoms with Crippen molar-refractivity contribution in [1.29, 1.82) is 0 Å². The lowest BCUT2D eigenvalue weighted by molar-refractivity contribution is 0.0706. The summed E-state index contributed by atoms with van der Waals surface area (Å²) >= 11 is 0. The molecule has 1 atom stereocenters. The Bertz CT molecular complexity index is 870. The molecule has 128 valence electrons. The Morgan fingerprint density at radius 1 is 1.32 bits per heavy atom. The van der Waals surface area contributed by atoms with Crippen LogP contribution >= 0.6 is 0 Å². The Morgan fingerprint density at radius 2 is 2.24 bits per heavy atom. The number of hydrogen-bond acceptors (Lipinski definition) is 3. The van der Waals surface area contributed by atoms with Crippen molar-refractivity contribution in [2.75, 3.05) is 20.2 Å². The molecule has 1 amide bonds. The van der Waals surface area contributed by atoms with Crippen LogP contribution in [0.2, 0.25) is 0 Å². The van der Waals surface area contributed by atoms with Crippen LogP contribution < -0.4 is 4.74 Å². The molecule has 0 radical (unpaired) electrons. The van der Waals surface area contributed by atoms with E-state index >= 15 is 0 Å². The van der Waals surface area contributed by atoms with Crippen molar-refractivity contribution in [1.82, 2.24) is 14.9 Å². The van der Waals surface area contributed by atoms with Crippen LogP contribution in [-0.4, -0.2) is 41.0 Å². The van der Waals surface area contributed by atoms with Crippen molar-refractivity contribution in [3.05, 3.63) is 60.0 Å². The number of ether oxygens (including phenoxy) is 1. The Morgan fingerprint density at radius 3 is 3.08 bits per heavy atom. The number of methoxy groups -OCH3 is 1. The standard InChI is InChI=1S/C20H21N3O2/c1-25-17-6-2-4-14(10-17)20(24)23-9-3-5-15(13-23)19-11-16-12-21-8-7-18(16)22-19/h2,4,6-8,10-12,15,22H,3,5,9,13H2,1H3/t15-/m0/s1. The summed E-state index contributed by atoms with van der Waals surface area (Å²) in [4.78, 5) is 22.5. The van der Waals surface area contributed by atoms with E-state index in [1.807, 2.05) is 35.4 Å². The molecule has 4 rings (SSSR count). The Kier molecular flexibility index (Phi) is 4.14. The zero-order chi connectivity index (χ0) is 17.2. The zero-order valence-electron chi connectivity index (χ0n) is 14.2. The molecular formula is C20H21N3O2. The Labute approximate surface area is 146 Å². The van der Waals surface area contributed by atoms with E-state index in [1.54, 1.807) is 19.4 Å². The number of aromatic nitrogens is 2. The average molecular weight is 335 g/mol. The third-order valence-corrected chi connectivity index (χ3v) is 4.91. The number of nitrogens with zero attached hydrogens (tertiary/aromatic N) is 2. The van der Waals surface area contributed by atoms with Gasteiger partial charge in [-0.1, -0.05) is 6.07 Å². The number of H-pyrrole nitrogens is 1. The van der Waals surface area contributed by atoms with Gasteiger partial charge >= 0.3 is 0 Å². The molecule has 1 aliphatic rings. The molecule has 2 aromatic heterocycles. The van der Waals surface area contributed by atoms with Crippen molar-refractivity contribution in [2.45, 2.75) is 18.8 Å². The molecule has 0 aliphatic carbocycles. The van der Waals surface area contributed by atoms with Crippen molar-refractivity contribution in [3.8, 4) is 5.75 Å². The average Bonchev–Trinajstić information content (AvgIpc) is 3.12. The van der Waals surface area contributed by atoms with E-state index in [0.29, 0.717) is 17.2 Å². The number of nitrogens with one attached hydrogen (secondary N) is 1. The highest BCUT2D eigenvalue weighted by atomic mass is 16.5. The summed E-state index contributed by atoms with van der Waals surface area (Å²) in [7, 11) is 1.62. The molecule has 1 saturated heterocycles. The molecule has 0 bridgehead atoms. The maximum atomic E-state index is 12.9. The molecule has 0 unspecified atom stereocenters. The van der Waals surface area contributed by atoms with Gasteiger partial charge in [-0.2, -0.15) is 0 Å². The summed E-state index contributed by atoms with van der Waals surface area (Å²) < 4.78 is 5.23. The minimum absolute atomic E-state index is 0.0707. The van der Waals surface area contributed by atoms with Gasteiger partial charge in [-0.05, 0) is 43.2 Å². The van der Waals surface area contributed by atoms with E-state index < -0.39 is 0 Å². The number of aromatic amines is 1. The predicted octanol–water partition coefficient (Wildman–Crippen LogP) is 3.59. The van der Waals surface area contributed by atoms with E-state index in [2.05, 4.69) is 16.0 Å². The van der Waals surface area contributed by atoms with Crippen molar-refractivity contribution in [3.63, 3.8) is 0 Å². The SMILES string of the molecule is COc1cccc(C(=O)N2CCC[C@H](c3cc4cnccc4[nH]3)C2)c1. The van der Waals surface area contributed by atoms with Crippen LogP contribution in [0.4, 0.5) is 0 Å². The van der Waals surface area contributed by atoms with Crippen molar-refractivity contribution < 1.29 is 9.53 Å². The summed E-state index contributed by atoms with van der Waals surface area (Å²) in [6, 6.07) is 11.5. The fourth-order valence-corrected chi connectivity index (χ4v) is 3.57. The number of likely N-dealkylation sites (tertiary alicyclic amines) is 1. The minimum Gasteiger partial charge on any atom is -0.497 e. The fraction of sp³-hybridized carbons (Fsp3) is 0.300. The topological polar surface area (TPSA) is 58.2 Å². The lowest BCUT2D eigenvalue weighted by atomic mass is 9.94. The van der Waals surface area contributed by atoms with E-state index in [1.165, 1.54) is 5.69 Å². The lowest BCUT2D eigenvalue weighted by Gasteiger charge is -2.32. The van der Waals surface area contributed by atoms with Gasteiger partial charge in [0.2, 0.25) is 0 Å². The number of fused-ring (bicyclic) bond motifs is 1. The van der Waals surface area contributed by atoms with Gasteiger partial charge in [-0.15, -0.1) is 0 Å². The highest BCUT2D eigenvalue weighted by Crippen LogP contribution is 2.29. The predicted molar refractivity (Wildman–Crippen MR) is 97.0 cm³/mol. The van der Waals surface area contributed by atoms with Gasteiger partial charge in [0.25, 0.3) is 5.91 Å². The van der Waals surface area contributed by atoms with Crippen LogP contribution in [0.1, 0.15) is 34.8 Å². The first-order chi connectivity index (χ1) is 12.2. The van der Waals surface area contributed by atoms with E-state index in [0.717, 1.165) is 36.8 Å². The van der Waals surface area contributed by atoms with Crippen molar-refractivity contribution in [2.24, 2.45) is 0 Å². The number of rotatable bonds is 3. The third-order valence-electron chi connectivity index (χ3n) is 4.91. The highest BCUT2D eigenvalue weighted by molar-refractivity contribution is 5.94. The summed E-state index contributed by atoms with van der Waals surface area (Å²) in [6.07, 6.45) is 5.76. The van der Waals surface area contributed by atoms with Crippen molar-refractivity contribution >= 4 is 16.8 Å². The molecule has 3 heterocycles. The molecule has 5 nitrogen and oxygen atoms in total. The summed E-state index contributed by atoms with van der Waals surface area (Å²) in [5, 5.41) is 1.12. The van der Waals surface area contributed by atoms with E-state index in [-0.39, 0.29) is 5.91 Å². The molecule has 0 saturated carbocycles. The number of hydrogen-bond donors (Lipinski definition) is 1. The minimum atomic E-state index is 0.0707. The van der Waals surface area contributed by atoms with Crippen LogP contribution in [0.5, 0.6) is 5.75 Å². The summed E-state index contributed by atoms with van der Waals surface area (Å²) in [5.74, 6) is 1.11. The van der Waals surface area contributed by atoms with E-state index in [9.17, 15) is 4.79 Å². The lowest BCUT2D eigenvalue weighted by Crippen LogP contribution is -2.39. The van der Waals surface area contributed by atoms with Crippen LogP contribution in [0, 0.1) is 0 Å². The van der Waals surface area contributed by atoms with Gasteiger partial charge in [-0.3, -0.25) is 9.78 Å². The van der Waals surface area contributed by atoms with Crippen LogP contribution in [-0.2, 0) is 0 Å². The quantitative estimate of drug-likeness (QED) is 0.796. The number of benzene rings is 1. The van der Waals surface area contributed by atoms with E-state index in [4.69, 9.17) is 4.74 Å². The maximum Gasteiger partial charge on any atom is 0.254 e. The van der Waals surface area contributed by atoms with Gasteiger partial charge in [0.1, 0.15) is 5.75 Å². The molecular weight excluding hydrogens is 314 g/mol. The number of pyridine rings is 1. The monoisotopic (exact) mass is 335 g/mol. The Hall–Kier alpha value is -2.82. The molecule has 1 aliphatic heterocycles. The first-order valence-electron chi connectivity index (χ1n) is 8.60. The molecule has 3 aromatic rings. The zero-order valence-corrected chi connectivity index (χ0v) is 14.2. The number of piperidine rings is 1. The number of amides is 1. The fourth-order valence-electron chi connectivity index (χ4n) is 3.57. The molecule has 1 N–H and O–H groups in total. The normalized spacial score (nSPS) is 17.6. The van der Waals surface area contributed by atoms with Crippen LogP contribution in [0.15, 0.2) is 48.8 Å². The summed E-state index contributed by atoms with van der Waals surface area (Å²) in [5.41, 5.74) is 2.97. The summed E-state index contributed by atoms with van der Waals surface area (Å²) in [6.45, 7) is 1.53. The van der Waals surface area contributed by atoms with Gasteiger partial charge in [0.15, 0.2) is 0 Å². The maximum absolute atomic E-state index is 12.9. The molecule has 25 heavy (non-hydrogen) atoms. The third kappa shape index (κ3) is 3.09. The van der Waals surface area contributed by atoms with Crippen LogP contribution in [0.25, 0.3) is 10.9 Å². The second-order valence-electron chi connectivity index (χ2n) is 6.51. The second-order valence-corrected chi connectivity index (χ2v) is 6.51. The largest absolute Gasteiger partial charge is 0.497 e. The number of carbonyl (C=O) groups excluding carboxylic acids is 1. The Balaban J connectivity index is 1.54. The van der Waals surface area contributed by atoms with Gasteiger partial charge < -0.3 is 14.6 Å².